The second-order valence-electron chi connectivity index (χ2n) is 5.22. The number of carbonyl (C=O) groups excluding carboxylic acids is 1. The Bertz CT molecular complexity index is 490. The third-order valence-corrected chi connectivity index (χ3v) is 3.64. The van der Waals surface area contributed by atoms with Gasteiger partial charge in [0.15, 0.2) is 0 Å². The summed E-state index contributed by atoms with van der Waals surface area (Å²) in [5.41, 5.74) is -1.02. The molecule has 1 amide bonds. The van der Waals surface area contributed by atoms with Gasteiger partial charge in [-0.1, -0.05) is 18.2 Å². The zero-order valence-corrected chi connectivity index (χ0v) is 10.8. The molecule has 0 unspecified atom stereocenters. The third kappa shape index (κ3) is 3.30. The van der Waals surface area contributed by atoms with Crippen LogP contribution >= 0.6 is 0 Å². The van der Waals surface area contributed by atoms with Gasteiger partial charge in [0.25, 0.3) is 0 Å². The molecule has 3 nitrogen and oxygen atoms in total. The molecule has 1 aromatic rings. The first kappa shape index (κ1) is 14.8. The predicted molar refractivity (Wildman–Crippen MR) is 67.0 cm³/mol. The van der Waals surface area contributed by atoms with Crippen molar-refractivity contribution in [2.24, 2.45) is 0 Å². The monoisotopic (exact) mass is 287 g/mol. The van der Waals surface area contributed by atoms with E-state index in [1.807, 2.05) is 0 Å². The number of hydrogen-bond donors (Lipinski definition) is 2. The molecule has 2 rings (SSSR count). The standard InChI is InChI=1S/C14H16F3NO2/c15-14(16,17)11-4-1-3-10(7-11)8-12(20)18-13(9-19)5-2-6-13/h1,3-4,7,19H,2,5-6,8-9H2,(H,18,20). The number of benzene rings is 1. The topological polar surface area (TPSA) is 49.3 Å². The fourth-order valence-electron chi connectivity index (χ4n) is 2.31. The van der Waals surface area contributed by atoms with Crippen molar-refractivity contribution >= 4 is 5.91 Å². The summed E-state index contributed by atoms with van der Waals surface area (Å²) >= 11 is 0. The molecule has 0 radical (unpaired) electrons. The second kappa shape index (κ2) is 5.44. The van der Waals surface area contributed by atoms with Crippen molar-refractivity contribution in [1.82, 2.24) is 5.32 Å². The van der Waals surface area contributed by atoms with Gasteiger partial charge in [-0.15, -0.1) is 0 Å². The highest BCUT2D eigenvalue weighted by Gasteiger charge is 2.37. The molecule has 1 aromatic carbocycles. The zero-order valence-electron chi connectivity index (χ0n) is 10.8. The van der Waals surface area contributed by atoms with Gasteiger partial charge in [-0.05, 0) is 30.9 Å². The number of nitrogens with one attached hydrogen (secondary N) is 1. The highest BCUT2D eigenvalue weighted by atomic mass is 19.4. The summed E-state index contributed by atoms with van der Waals surface area (Å²) in [6, 6.07) is 4.73. The first-order valence-corrected chi connectivity index (χ1v) is 6.43. The number of aliphatic hydroxyl groups excluding tert-OH is 1. The van der Waals surface area contributed by atoms with E-state index in [0.29, 0.717) is 18.4 Å². The van der Waals surface area contributed by atoms with E-state index >= 15 is 0 Å². The van der Waals surface area contributed by atoms with Crippen molar-refractivity contribution in [2.45, 2.75) is 37.4 Å². The van der Waals surface area contributed by atoms with Crippen molar-refractivity contribution < 1.29 is 23.1 Å². The maximum Gasteiger partial charge on any atom is 0.416 e. The predicted octanol–water partition coefficient (Wildman–Crippen LogP) is 2.28. The highest BCUT2D eigenvalue weighted by molar-refractivity contribution is 5.79. The molecule has 1 aliphatic rings. The minimum atomic E-state index is -4.41. The molecular weight excluding hydrogens is 271 g/mol. The van der Waals surface area contributed by atoms with E-state index < -0.39 is 17.3 Å². The van der Waals surface area contributed by atoms with E-state index in [1.54, 1.807) is 0 Å². The Morgan fingerprint density at radius 3 is 2.55 bits per heavy atom. The first-order chi connectivity index (χ1) is 9.35. The summed E-state index contributed by atoms with van der Waals surface area (Å²) in [5.74, 6) is -0.363. The molecule has 20 heavy (non-hydrogen) atoms. The van der Waals surface area contributed by atoms with Crippen LogP contribution in [0.3, 0.4) is 0 Å². The summed E-state index contributed by atoms with van der Waals surface area (Å²) in [4.78, 5) is 11.8. The molecular formula is C14H16F3NO2. The normalized spacial score (nSPS) is 17.4. The van der Waals surface area contributed by atoms with Gasteiger partial charge in [-0.25, -0.2) is 0 Å². The van der Waals surface area contributed by atoms with Gasteiger partial charge in [0.2, 0.25) is 5.91 Å². The Hall–Kier alpha value is -1.56. The SMILES string of the molecule is O=C(Cc1cccc(C(F)(F)F)c1)NC1(CO)CCC1. The summed E-state index contributed by atoms with van der Waals surface area (Å²) < 4.78 is 37.7. The number of aliphatic hydroxyl groups is 1. The van der Waals surface area contributed by atoms with E-state index in [-0.39, 0.29) is 18.9 Å². The van der Waals surface area contributed by atoms with Crippen LogP contribution in [0.2, 0.25) is 0 Å². The van der Waals surface area contributed by atoms with Gasteiger partial charge in [0.1, 0.15) is 0 Å². The lowest BCUT2D eigenvalue weighted by atomic mass is 9.77. The summed E-state index contributed by atoms with van der Waals surface area (Å²) in [5, 5.41) is 12.0. The van der Waals surface area contributed by atoms with Crippen LogP contribution < -0.4 is 5.32 Å². The van der Waals surface area contributed by atoms with E-state index in [2.05, 4.69) is 5.32 Å². The fraction of sp³-hybridized carbons (Fsp3) is 0.500. The molecule has 1 saturated carbocycles. The minimum absolute atomic E-state index is 0.119. The van der Waals surface area contributed by atoms with Gasteiger partial charge in [-0.3, -0.25) is 4.79 Å². The van der Waals surface area contributed by atoms with Gasteiger partial charge >= 0.3 is 6.18 Å². The van der Waals surface area contributed by atoms with E-state index in [9.17, 15) is 23.1 Å². The number of hydrogen-bond acceptors (Lipinski definition) is 2. The Labute approximate surface area is 114 Å². The number of amides is 1. The number of halogens is 3. The third-order valence-electron chi connectivity index (χ3n) is 3.64. The smallest absolute Gasteiger partial charge is 0.394 e. The lowest BCUT2D eigenvalue weighted by Gasteiger charge is -2.41. The molecule has 0 spiro atoms. The molecule has 110 valence electrons. The van der Waals surface area contributed by atoms with Crippen LogP contribution in [-0.2, 0) is 17.4 Å². The molecule has 0 aromatic heterocycles. The maximum atomic E-state index is 12.6. The van der Waals surface area contributed by atoms with Gasteiger partial charge < -0.3 is 10.4 Å². The average molecular weight is 287 g/mol. The van der Waals surface area contributed by atoms with Crippen LogP contribution in [0.4, 0.5) is 13.2 Å². The summed E-state index contributed by atoms with van der Waals surface area (Å²) in [6.45, 7) is -0.138. The molecule has 0 bridgehead atoms. The van der Waals surface area contributed by atoms with Crippen LogP contribution in [0.5, 0.6) is 0 Å². The maximum absolute atomic E-state index is 12.6. The number of carbonyl (C=O) groups is 1. The van der Waals surface area contributed by atoms with Crippen LogP contribution in [0.25, 0.3) is 0 Å². The van der Waals surface area contributed by atoms with Crippen molar-refractivity contribution in [2.75, 3.05) is 6.61 Å². The molecule has 0 saturated heterocycles. The molecule has 0 aliphatic heterocycles. The molecule has 6 heteroatoms. The average Bonchev–Trinajstić information content (AvgIpc) is 2.33. The Kier molecular flexibility index (Phi) is 4.04. The highest BCUT2D eigenvalue weighted by Crippen LogP contribution is 2.32. The molecule has 1 fully saturated rings. The second-order valence-corrected chi connectivity index (χ2v) is 5.22. The van der Waals surface area contributed by atoms with Crippen molar-refractivity contribution in [3.05, 3.63) is 35.4 Å². The lowest BCUT2D eigenvalue weighted by Crippen LogP contribution is -2.56. The van der Waals surface area contributed by atoms with Crippen molar-refractivity contribution in [3.8, 4) is 0 Å². The summed E-state index contributed by atoms with van der Waals surface area (Å²) in [7, 11) is 0. The van der Waals surface area contributed by atoms with E-state index in [4.69, 9.17) is 0 Å². The first-order valence-electron chi connectivity index (χ1n) is 6.43. The Morgan fingerprint density at radius 1 is 1.35 bits per heavy atom. The van der Waals surface area contributed by atoms with E-state index in [1.165, 1.54) is 12.1 Å². The van der Waals surface area contributed by atoms with Crippen molar-refractivity contribution in [1.29, 1.82) is 0 Å². The molecule has 0 heterocycles. The molecule has 1 aliphatic carbocycles. The van der Waals surface area contributed by atoms with Gasteiger partial charge in [-0.2, -0.15) is 13.2 Å². The van der Waals surface area contributed by atoms with Crippen LogP contribution in [0.1, 0.15) is 30.4 Å². The summed E-state index contributed by atoms with van der Waals surface area (Å²) in [6.07, 6.45) is -2.18. The van der Waals surface area contributed by atoms with Crippen LogP contribution in [0.15, 0.2) is 24.3 Å². The van der Waals surface area contributed by atoms with Crippen molar-refractivity contribution in [3.63, 3.8) is 0 Å². The molecule has 0 atom stereocenters. The van der Waals surface area contributed by atoms with Crippen LogP contribution in [-0.4, -0.2) is 23.2 Å². The van der Waals surface area contributed by atoms with Gasteiger partial charge in [0, 0.05) is 0 Å². The van der Waals surface area contributed by atoms with E-state index in [0.717, 1.165) is 18.6 Å². The zero-order chi connectivity index (χ0) is 14.8. The lowest BCUT2D eigenvalue weighted by molar-refractivity contribution is -0.137. The number of rotatable bonds is 4. The largest absolute Gasteiger partial charge is 0.416 e. The quantitative estimate of drug-likeness (QED) is 0.892. The minimum Gasteiger partial charge on any atom is -0.394 e. The fourth-order valence-corrected chi connectivity index (χ4v) is 2.31. The Balaban J connectivity index is 2.01. The van der Waals surface area contributed by atoms with Gasteiger partial charge in [0.05, 0.1) is 24.1 Å². The molecule has 2 N–H and O–H groups in total. The van der Waals surface area contributed by atoms with Crippen LogP contribution in [0, 0.1) is 0 Å². The Morgan fingerprint density at radius 2 is 2.05 bits per heavy atom. The number of alkyl halides is 3.